The maximum Gasteiger partial charge on any atom is 0.275 e. The Hall–Kier alpha value is -2.78. The van der Waals surface area contributed by atoms with Gasteiger partial charge in [-0.2, -0.15) is 5.10 Å². The average molecular weight is 495 g/mol. The smallest absolute Gasteiger partial charge is 0.275 e. The van der Waals surface area contributed by atoms with Gasteiger partial charge in [0, 0.05) is 36.8 Å². The number of nitrogens with zero attached hydrogens (tertiary/aromatic N) is 5. The molecule has 1 amide bonds. The maximum atomic E-state index is 14.5. The summed E-state index contributed by atoms with van der Waals surface area (Å²) in [6.45, 7) is 1.21. The molecule has 0 spiro atoms. The molecule has 2 aromatic heterocycles. The number of rotatable bonds is 5. The van der Waals surface area contributed by atoms with E-state index in [1.54, 1.807) is 44.4 Å². The van der Waals surface area contributed by atoms with E-state index in [1.165, 1.54) is 22.0 Å². The Morgan fingerprint density at radius 1 is 1.24 bits per heavy atom. The molecule has 1 N–H and O–H groups in total. The normalized spacial score (nSPS) is 20.0. The van der Waals surface area contributed by atoms with Gasteiger partial charge in [-0.05, 0) is 23.6 Å². The van der Waals surface area contributed by atoms with E-state index < -0.39 is 30.3 Å². The van der Waals surface area contributed by atoms with E-state index in [1.807, 2.05) is 0 Å². The van der Waals surface area contributed by atoms with Crippen molar-refractivity contribution in [1.29, 1.82) is 0 Å². The summed E-state index contributed by atoms with van der Waals surface area (Å²) in [5.41, 5.74) is 1.30. The first-order valence-electron chi connectivity index (χ1n) is 10.3. The Bertz CT molecular complexity index is 1150. The molecular formula is C22H22Cl2F2N6O. The van der Waals surface area contributed by atoms with E-state index in [2.05, 4.69) is 20.4 Å². The molecule has 3 heterocycles. The molecule has 1 saturated heterocycles. The monoisotopic (exact) mass is 494 g/mol. The van der Waals surface area contributed by atoms with E-state index in [-0.39, 0.29) is 18.7 Å². The lowest BCUT2D eigenvalue weighted by molar-refractivity contribution is -0.0898. The van der Waals surface area contributed by atoms with Gasteiger partial charge < -0.3 is 10.2 Å². The zero-order chi connectivity index (χ0) is 23.8. The minimum Gasteiger partial charge on any atom is -0.352 e. The minimum absolute atomic E-state index is 0.0948. The fourth-order valence-electron chi connectivity index (χ4n) is 4.13. The highest BCUT2D eigenvalue weighted by Crippen LogP contribution is 2.36. The van der Waals surface area contributed by atoms with E-state index >= 15 is 0 Å². The highest BCUT2D eigenvalue weighted by atomic mass is 35.5. The van der Waals surface area contributed by atoms with Crippen LogP contribution in [0.25, 0.3) is 11.1 Å². The number of piperidine rings is 1. The Morgan fingerprint density at radius 2 is 1.97 bits per heavy atom. The van der Waals surface area contributed by atoms with E-state index in [4.69, 9.17) is 23.2 Å². The number of likely N-dealkylation sites (tertiary alicyclic amines) is 1. The summed E-state index contributed by atoms with van der Waals surface area (Å²) in [6.07, 6.45) is 4.22. The second-order valence-corrected chi connectivity index (χ2v) is 9.09. The Morgan fingerprint density at radius 3 is 2.67 bits per heavy atom. The fraction of sp³-hybridized carbons (Fsp3) is 0.364. The summed E-state index contributed by atoms with van der Waals surface area (Å²) in [5, 5.41) is 8.22. The largest absolute Gasteiger partial charge is 0.352 e. The molecule has 1 unspecified atom stereocenters. The van der Waals surface area contributed by atoms with Crippen molar-refractivity contribution in [3.05, 3.63) is 58.6 Å². The van der Waals surface area contributed by atoms with Crippen LogP contribution >= 0.6 is 23.2 Å². The van der Waals surface area contributed by atoms with Crippen molar-refractivity contribution < 1.29 is 13.6 Å². The Kier molecular flexibility index (Phi) is 6.54. The number of amides is 1. The molecular weight excluding hydrogens is 473 g/mol. The highest BCUT2D eigenvalue weighted by Gasteiger charge is 2.46. The molecule has 11 heteroatoms. The molecule has 1 aliphatic heterocycles. The highest BCUT2D eigenvalue weighted by molar-refractivity contribution is 6.31. The van der Waals surface area contributed by atoms with E-state index in [0.29, 0.717) is 27.1 Å². The number of hydrogen-bond donors (Lipinski definition) is 1. The van der Waals surface area contributed by atoms with Crippen LogP contribution in [0.3, 0.4) is 0 Å². The number of nitrogens with one attached hydrogen (secondary N) is 1. The molecule has 7 nitrogen and oxygen atoms in total. The quantitative estimate of drug-likeness (QED) is 0.552. The van der Waals surface area contributed by atoms with Crippen LogP contribution in [0.5, 0.6) is 0 Å². The zero-order valence-corrected chi connectivity index (χ0v) is 19.5. The topological polar surface area (TPSA) is 75.9 Å². The van der Waals surface area contributed by atoms with Gasteiger partial charge in [0.05, 0.1) is 30.0 Å². The van der Waals surface area contributed by atoms with Crippen LogP contribution in [-0.2, 0) is 7.05 Å². The number of anilines is 1. The lowest BCUT2D eigenvalue weighted by Gasteiger charge is -2.43. The predicted molar refractivity (Wildman–Crippen MR) is 123 cm³/mol. The fourth-order valence-corrected chi connectivity index (χ4v) is 4.42. The summed E-state index contributed by atoms with van der Waals surface area (Å²) in [4.78, 5) is 23.0. The maximum absolute atomic E-state index is 14.5. The van der Waals surface area contributed by atoms with Gasteiger partial charge in [-0.1, -0.05) is 42.3 Å². The molecule has 4 rings (SSSR count). The molecule has 1 fully saturated rings. The van der Waals surface area contributed by atoms with Gasteiger partial charge in [-0.3, -0.25) is 9.48 Å². The van der Waals surface area contributed by atoms with Crippen molar-refractivity contribution in [3.63, 3.8) is 0 Å². The summed E-state index contributed by atoms with van der Waals surface area (Å²) in [5.74, 6) is -3.75. The lowest BCUT2D eigenvalue weighted by atomic mass is 9.88. The van der Waals surface area contributed by atoms with Crippen LogP contribution in [0.1, 0.15) is 23.8 Å². The molecule has 33 heavy (non-hydrogen) atoms. The van der Waals surface area contributed by atoms with Gasteiger partial charge in [0.25, 0.3) is 11.8 Å². The number of alkyl halides is 2. The molecule has 0 aliphatic carbocycles. The number of carbonyl (C=O) groups is 1. The second-order valence-electron chi connectivity index (χ2n) is 8.22. The molecule has 3 aromatic rings. The average Bonchev–Trinajstić information content (AvgIpc) is 3.14. The summed E-state index contributed by atoms with van der Waals surface area (Å²) in [6, 6.07) is 6.46. The SMILES string of the molecule is C[C@@H]1CC(F)(F)CN(C(=O)c2nn(C)cc2-c2cccc(Cl)c2)C1CNc1ncc(Cl)cn1. The van der Waals surface area contributed by atoms with Crippen molar-refractivity contribution in [3.8, 4) is 11.1 Å². The van der Waals surface area contributed by atoms with Crippen LogP contribution in [-0.4, -0.2) is 55.6 Å². The number of aromatic nitrogens is 4. The number of benzene rings is 1. The van der Waals surface area contributed by atoms with E-state index in [9.17, 15) is 13.6 Å². The zero-order valence-electron chi connectivity index (χ0n) is 18.0. The van der Waals surface area contributed by atoms with Gasteiger partial charge in [0.2, 0.25) is 5.95 Å². The first-order chi connectivity index (χ1) is 15.6. The van der Waals surface area contributed by atoms with Crippen LogP contribution in [0.4, 0.5) is 14.7 Å². The predicted octanol–water partition coefficient (Wildman–Crippen LogP) is 4.78. The third-order valence-corrected chi connectivity index (χ3v) is 6.03. The van der Waals surface area contributed by atoms with Crippen LogP contribution < -0.4 is 5.32 Å². The van der Waals surface area contributed by atoms with Gasteiger partial charge in [0.15, 0.2) is 5.69 Å². The molecule has 0 saturated carbocycles. The van der Waals surface area contributed by atoms with Crippen molar-refractivity contribution in [2.75, 3.05) is 18.4 Å². The molecule has 1 aromatic carbocycles. The summed E-state index contributed by atoms with van der Waals surface area (Å²) >= 11 is 11.9. The molecule has 174 valence electrons. The molecule has 0 radical (unpaired) electrons. The molecule has 2 atom stereocenters. The van der Waals surface area contributed by atoms with Crippen molar-refractivity contribution in [2.45, 2.75) is 25.3 Å². The first kappa shape index (κ1) is 23.4. The second kappa shape index (κ2) is 9.23. The molecule has 1 aliphatic rings. The van der Waals surface area contributed by atoms with E-state index in [0.717, 1.165) is 0 Å². The number of halogens is 4. The Balaban J connectivity index is 1.65. The number of aryl methyl sites for hydroxylation is 1. The summed E-state index contributed by atoms with van der Waals surface area (Å²) in [7, 11) is 1.68. The third-order valence-electron chi connectivity index (χ3n) is 5.60. The van der Waals surface area contributed by atoms with Crippen molar-refractivity contribution >= 4 is 35.1 Å². The minimum atomic E-state index is -3.01. The van der Waals surface area contributed by atoms with Crippen molar-refractivity contribution in [2.24, 2.45) is 13.0 Å². The van der Waals surface area contributed by atoms with Crippen LogP contribution in [0.15, 0.2) is 42.9 Å². The third kappa shape index (κ3) is 5.25. The molecule has 0 bridgehead atoms. The van der Waals surface area contributed by atoms with Gasteiger partial charge in [-0.25, -0.2) is 18.7 Å². The van der Waals surface area contributed by atoms with Crippen LogP contribution in [0.2, 0.25) is 10.0 Å². The van der Waals surface area contributed by atoms with Crippen molar-refractivity contribution in [1.82, 2.24) is 24.6 Å². The van der Waals surface area contributed by atoms with Gasteiger partial charge in [0.1, 0.15) is 0 Å². The van der Waals surface area contributed by atoms with Gasteiger partial charge in [-0.15, -0.1) is 0 Å². The summed E-state index contributed by atoms with van der Waals surface area (Å²) < 4.78 is 30.6. The number of carbonyl (C=O) groups excluding carboxylic acids is 1. The lowest BCUT2D eigenvalue weighted by Crippen LogP contribution is -2.57. The first-order valence-corrected chi connectivity index (χ1v) is 11.1. The van der Waals surface area contributed by atoms with Gasteiger partial charge >= 0.3 is 0 Å². The van der Waals surface area contributed by atoms with Crippen LogP contribution in [0, 0.1) is 5.92 Å². The Labute approximate surface area is 199 Å². The number of hydrogen-bond acceptors (Lipinski definition) is 5. The standard InChI is InChI=1S/C22H22Cl2F2N6O/c1-13-7-22(25,26)12-32(18(13)10-29-21-27-8-16(24)9-28-21)20(33)19-17(11-31(2)30-19)14-4-3-5-15(23)6-14/h3-6,8-9,11,13,18H,7,10,12H2,1-2H3,(H,27,28,29)/t13-,18?/m1/s1.